The van der Waals surface area contributed by atoms with Crippen LogP contribution in [0.3, 0.4) is 0 Å². The molecule has 6 N–H and O–H groups in total. The van der Waals surface area contributed by atoms with Crippen molar-refractivity contribution < 1.29 is 30.3 Å². The molecule has 2 rings (SSSR count). The van der Waals surface area contributed by atoms with E-state index >= 15 is 0 Å². The van der Waals surface area contributed by atoms with Gasteiger partial charge in [0.2, 0.25) is 5.91 Å². The van der Waals surface area contributed by atoms with Crippen LogP contribution in [0.4, 0.5) is 0 Å². The van der Waals surface area contributed by atoms with E-state index in [4.69, 9.17) is 0 Å². The average Bonchev–Trinajstić information content (AvgIpc) is 2.61. The highest BCUT2D eigenvalue weighted by atomic mass is 16.4. The van der Waals surface area contributed by atoms with Gasteiger partial charge in [-0.1, -0.05) is 12.1 Å². The van der Waals surface area contributed by atoms with Crippen molar-refractivity contribution in [1.29, 1.82) is 0 Å². The number of nitrogens with one attached hydrogen (secondary N) is 1. The maximum atomic E-state index is 11.9. The number of piperidine rings is 1. The van der Waals surface area contributed by atoms with Crippen LogP contribution in [0.1, 0.15) is 18.4 Å². The van der Waals surface area contributed by atoms with Crippen LogP contribution >= 0.6 is 0 Å². The molecule has 26 heavy (non-hydrogen) atoms. The molecule has 0 aliphatic carbocycles. The Balaban J connectivity index is 1.66. The molecule has 0 aromatic heterocycles. The lowest BCUT2D eigenvalue weighted by Gasteiger charge is -2.43. The number of carbonyl (C=O) groups is 1. The fourth-order valence-electron chi connectivity index (χ4n) is 3.16. The molecule has 8 heteroatoms. The molecular weight excluding hydrogens is 340 g/mol. The number of phenolic OH excluding ortho intramolecular Hbond substituents is 1. The van der Waals surface area contributed by atoms with Gasteiger partial charge in [-0.25, -0.2) is 0 Å². The van der Waals surface area contributed by atoms with E-state index in [1.807, 2.05) is 0 Å². The number of amides is 1. The zero-order valence-electron chi connectivity index (χ0n) is 14.7. The molecule has 0 bridgehead atoms. The summed E-state index contributed by atoms with van der Waals surface area (Å²) in [5, 5.41) is 50.8. The summed E-state index contributed by atoms with van der Waals surface area (Å²) in [4.78, 5) is 13.6. The largest absolute Gasteiger partial charge is 0.508 e. The number of benzene rings is 1. The number of nitrogens with zero attached hydrogens (tertiary/aromatic N) is 1. The molecule has 1 aliphatic heterocycles. The fourth-order valence-corrected chi connectivity index (χ4v) is 3.16. The Labute approximate surface area is 152 Å². The summed E-state index contributed by atoms with van der Waals surface area (Å²) >= 11 is 0. The van der Waals surface area contributed by atoms with Gasteiger partial charge in [-0.05, 0) is 37.1 Å². The quantitative estimate of drug-likeness (QED) is 0.311. The van der Waals surface area contributed by atoms with Crippen molar-refractivity contribution in [2.45, 2.75) is 43.6 Å². The van der Waals surface area contributed by atoms with E-state index in [9.17, 15) is 30.3 Å². The molecule has 0 spiro atoms. The van der Waals surface area contributed by atoms with Crippen molar-refractivity contribution in [3.05, 3.63) is 29.8 Å². The summed E-state index contributed by atoms with van der Waals surface area (Å²) in [6, 6.07) is 5.88. The lowest BCUT2D eigenvalue weighted by atomic mass is 9.94. The van der Waals surface area contributed by atoms with Crippen molar-refractivity contribution in [2.75, 3.05) is 26.2 Å². The zero-order chi connectivity index (χ0) is 19.1. The molecule has 1 aromatic rings. The van der Waals surface area contributed by atoms with Gasteiger partial charge < -0.3 is 30.8 Å². The predicted octanol–water partition coefficient (Wildman–Crippen LogP) is -1.41. The Morgan fingerprint density at radius 1 is 1.12 bits per heavy atom. The van der Waals surface area contributed by atoms with Crippen LogP contribution in [0.2, 0.25) is 0 Å². The Kier molecular flexibility index (Phi) is 7.80. The van der Waals surface area contributed by atoms with Crippen molar-refractivity contribution in [3.63, 3.8) is 0 Å². The molecule has 1 amide bonds. The lowest BCUT2D eigenvalue weighted by molar-refractivity contribution is -0.145. The van der Waals surface area contributed by atoms with Gasteiger partial charge in [-0.3, -0.25) is 9.69 Å². The van der Waals surface area contributed by atoms with Gasteiger partial charge in [0, 0.05) is 13.1 Å². The topological polar surface area (TPSA) is 133 Å². The maximum absolute atomic E-state index is 11.9. The molecule has 4 atom stereocenters. The van der Waals surface area contributed by atoms with Crippen molar-refractivity contribution >= 4 is 5.91 Å². The first kappa shape index (κ1) is 20.6. The minimum Gasteiger partial charge on any atom is -0.508 e. The molecule has 146 valence electrons. The first-order valence-electron chi connectivity index (χ1n) is 8.86. The van der Waals surface area contributed by atoms with E-state index in [0.717, 1.165) is 5.56 Å². The minimum atomic E-state index is -1.25. The number of aromatic hydroxyl groups is 1. The second kappa shape index (κ2) is 9.84. The van der Waals surface area contributed by atoms with Crippen LogP contribution in [0.5, 0.6) is 5.75 Å². The van der Waals surface area contributed by atoms with Crippen LogP contribution in [-0.4, -0.2) is 86.9 Å². The molecule has 1 saturated heterocycles. The number of β-amino-alcohol motifs (C(OH)–C–C–N with tert-alkyl or cyclic N) is 1. The first-order valence-corrected chi connectivity index (χ1v) is 8.86. The highest BCUT2D eigenvalue weighted by Crippen LogP contribution is 2.19. The standard InChI is InChI=1S/C18H28N2O6/c21-11-14-17(25)18(26)15(23)10-20(14)8-2-1-7-19-16(24)9-12-3-5-13(22)6-4-12/h3-6,14-15,17-18,21-23,25-26H,1-2,7-11H2,(H,19,24)/t14-,15+,17-,18-/m1/s1. The maximum Gasteiger partial charge on any atom is 0.224 e. The van der Waals surface area contributed by atoms with Gasteiger partial charge in [0.15, 0.2) is 0 Å². The molecule has 8 nitrogen and oxygen atoms in total. The second-order valence-electron chi connectivity index (χ2n) is 6.69. The van der Waals surface area contributed by atoms with Gasteiger partial charge in [-0.2, -0.15) is 0 Å². The second-order valence-corrected chi connectivity index (χ2v) is 6.69. The summed E-state index contributed by atoms with van der Waals surface area (Å²) in [5.74, 6) is 0.0617. The SMILES string of the molecule is O=C(Cc1ccc(O)cc1)NCCCCN1C[C@H](O)[C@@H](O)[C@H](O)[C@H]1CO. The molecule has 0 unspecified atom stereocenters. The highest BCUT2D eigenvalue weighted by molar-refractivity contribution is 5.78. The summed E-state index contributed by atoms with van der Waals surface area (Å²) < 4.78 is 0. The Morgan fingerprint density at radius 3 is 2.46 bits per heavy atom. The van der Waals surface area contributed by atoms with Crippen LogP contribution < -0.4 is 5.32 Å². The lowest BCUT2D eigenvalue weighted by Crippen LogP contribution is -2.62. The summed E-state index contributed by atoms with van der Waals surface area (Å²) in [6.07, 6.45) is -1.81. The number of unbranched alkanes of at least 4 members (excludes halogenated alkanes) is 1. The van der Waals surface area contributed by atoms with E-state index in [1.165, 1.54) is 0 Å². The van der Waals surface area contributed by atoms with Crippen molar-refractivity contribution in [1.82, 2.24) is 10.2 Å². The summed E-state index contributed by atoms with van der Waals surface area (Å²) in [7, 11) is 0. The number of likely N-dealkylation sites (tertiary alicyclic amines) is 1. The number of hydrogen-bond acceptors (Lipinski definition) is 7. The number of phenols is 1. The molecule has 1 fully saturated rings. The third-order valence-corrected chi connectivity index (χ3v) is 4.71. The van der Waals surface area contributed by atoms with Crippen LogP contribution in [0.25, 0.3) is 0 Å². The number of hydrogen-bond donors (Lipinski definition) is 6. The molecule has 0 radical (unpaired) electrons. The third-order valence-electron chi connectivity index (χ3n) is 4.71. The Morgan fingerprint density at radius 2 is 1.81 bits per heavy atom. The van der Waals surface area contributed by atoms with Crippen LogP contribution in [0, 0.1) is 0 Å². The molecular formula is C18H28N2O6. The Bertz CT molecular complexity index is 567. The Hall–Kier alpha value is -1.71. The van der Waals surface area contributed by atoms with Gasteiger partial charge >= 0.3 is 0 Å². The van der Waals surface area contributed by atoms with E-state index in [-0.39, 0.29) is 31.2 Å². The highest BCUT2D eigenvalue weighted by Gasteiger charge is 2.40. The van der Waals surface area contributed by atoms with E-state index in [0.29, 0.717) is 25.9 Å². The van der Waals surface area contributed by atoms with E-state index in [2.05, 4.69) is 5.32 Å². The van der Waals surface area contributed by atoms with Crippen LogP contribution in [-0.2, 0) is 11.2 Å². The number of rotatable bonds is 8. The summed E-state index contributed by atoms with van der Waals surface area (Å²) in [5.41, 5.74) is 0.820. The number of aliphatic hydroxyl groups is 4. The zero-order valence-corrected chi connectivity index (χ0v) is 14.7. The number of carbonyl (C=O) groups excluding carboxylic acids is 1. The minimum absolute atomic E-state index is 0.101. The fraction of sp³-hybridized carbons (Fsp3) is 0.611. The molecule has 1 aliphatic rings. The third kappa shape index (κ3) is 5.65. The van der Waals surface area contributed by atoms with E-state index < -0.39 is 24.4 Å². The smallest absolute Gasteiger partial charge is 0.224 e. The van der Waals surface area contributed by atoms with Gasteiger partial charge in [-0.15, -0.1) is 0 Å². The van der Waals surface area contributed by atoms with Crippen LogP contribution in [0.15, 0.2) is 24.3 Å². The van der Waals surface area contributed by atoms with Gasteiger partial charge in [0.25, 0.3) is 0 Å². The average molecular weight is 368 g/mol. The molecule has 0 saturated carbocycles. The molecule has 1 aromatic carbocycles. The van der Waals surface area contributed by atoms with Gasteiger partial charge in [0.1, 0.15) is 18.0 Å². The first-order chi connectivity index (χ1) is 12.4. The van der Waals surface area contributed by atoms with E-state index in [1.54, 1.807) is 29.2 Å². The monoisotopic (exact) mass is 368 g/mol. The van der Waals surface area contributed by atoms with Gasteiger partial charge in [0.05, 0.1) is 25.2 Å². The normalized spacial score (nSPS) is 26.6. The van der Waals surface area contributed by atoms with Crippen molar-refractivity contribution in [2.24, 2.45) is 0 Å². The molecule has 1 heterocycles. The summed E-state index contributed by atoms with van der Waals surface area (Å²) in [6.45, 7) is 0.938. The van der Waals surface area contributed by atoms with Crippen molar-refractivity contribution in [3.8, 4) is 5.75 Å². The number of aliphatic hydroxyl groups excluding tert-OH is 4. The predicted molar refractivity (Wildman–Crippen MR) is 94.5 cm³/mol.